The molecule has 0 aromatic heterocycles. The lowest BCUT2D eigenvalue weighted by molar-refractivity contribution is 0.254. The van der Waals surface area contributed by atoms with Gasteiger partial charge in [-0.3, -0.25) is 0 Å². The lowest BCUT2D eigenvalue weighted by Gasteiger charge is -2.32. The minimum absolute atomic E-state index is 0.00655. The van der Waals surface area contributed by atoms with Crippen molar-refractivity contribution in [3.63, 3.8) is 0 Å². The highest BCUT2D eigenvalue weighted by Gasteiger charge is 2.24. The summed E-state index contributed by atoms with van der Waals surface area (Å²) in [5, 5.41) is 0. The van der Waals surface area contributed by atoms with Crippen molar-refractivity contribution in [2.45, 2.75) is 39.7 Å². The molecule has 0 aliphatic carbocycles. The summed E-state index contributed by atoms with van der Waals surface area (Å²) < 4.78 is 5.93. The number of unbranched alkanes of at least 4 members (excludes halogenated alkanes) is 1. The van der Waals surface area contributed by atoms with E-state index < -0.39 is 0 Å². The summed E-state index contributed by atoms with van der Waals surface area (Å²) in [6.45, 7) is 8.38. The van der Waals surface area contributed by atoms with Crippen LogP contribution in [0.4, 0.5) is 11.4 Å². The Morgan fingerprint density at radius 1 is 1.37 bits per heavy atom. The number of likely N-dealkylation sites (N-methyl/N-ethyl adjacent to an activating group) is 1. The summed E-state index contributed by atoms with van der Waals surface area (Å²) in [6, 6.07) is 5.61. The number of amidine groups is 1. The zero-order valence-corrected chi connectivity index (χ0v) is 12.0. The van der Waals surface area contributed by atoms with Gasteiger partial charge >= 0.3 is 0 Å². The van der Waals surface area contributed by atoms with Crippen molar-refractivity contribution in [3.05, 3.63) is 18.2 Å². The molecule has 0 fully saturated rings. The van der Waals surface area contributed by atoms with Crippen molar-refractivity contribution in [2.24, 2.45) is 4.99 Å². The number of nitrogens with two attached hydrogens (primary N) is 1. The summed E-state index contributed by atoms with van der Waals surface area (Å²) in [7, 11) is 0. The topological polar surface area (TPSA) is 50.8 Å². The predicted molar refractivity (Wildman–Crippen MR) is 80.2 cm³/mol. The van der Waals surface area contributed by atoms with Crippen molar-refractivity contribution < 1.29 is 4.74 Å². The van der Waals surface area contributed by atoms with Crippen LogP contribution in [0.2, 0.25) is 0 Å². The summed E-state index contributed by atoms with van der Waals surface area (Å²) >= 11 is 0. The second-order valence-corrected chi connectivity index (χ2v) is 4.89. The number of fused-ring (bicyclic) bond motifs is 1. The zero-order valence-electron chi connectivity index (χ0n) is 12.0. The molecule has 1 aromatic carbocycles. The van der Waals surface area contributed by atoms with Gasteiger partial charge in [0.25, 0.3) is 0 Å². The summed E-state index contributed by atoms with van der Waals surface area (Å²) in [6.07, 6.45) is 2.35. The van der Waals surface area contributed by atoms with E-state index in [1.807, 2.05) is 25.1 Å². The molecule has 0 spiro atoms. The van der Waals surface area contributed by atoms with Gasteiger partial charge in [-0.1, -0.05) is 13.3 Å². The van der Waals surface area contributed by atoms with E-state index in [1.165, 1.54) is 12.8 Å². The van der Waals surface area contributed by atoms with Crippen LogP contribution in [0.25, 0.3) is 0 Å². The first-order valence-electron chi connectivity index (χ1n) is 7.05. The molecule has 2 N–H and O–H groups in total. The SMILES string of the molecule is CCCCN(CC)C1=Nc2cc(N)ccc2OC1C. The third kappa shape index (κ3) is 3.00. The van der Waals surface area contributed by atoms with Gasteiger partial charge in [-0.2, -0.15) is 0 Å². The highest BCUT2D eigenvalue weighted by molar-refractivity contribution is 5.91. The number of ether oxygens (including phenoxy) is 1. The Balaban J connectivity index is 2.28. The van der Waals surface area contributed by atoms with E-state index in [2.05, 4.69) is 18.7 Å². The lowest BCUT2D eigenvalue weighted by Crippen LogP contribution is -2.42. The first-order valence-corrected chi connectivity index (χ1v) is 7.05. The lowest BCUT2D eigenvalue weighted by atomic mass is 10.2. The maximum atomic E-state index is 5.93. The minimum atomic E-state index is -0.00655. The first-order chi connectivity index (χ1) is 9.15. The average Bonchev–Trinajstić information content (AvgIpc) is 2.40. The quantitative estimate of drug-likeness (QED) is 0.847. The highest BCUT2D eigenvalue weighted by Crippen LogP contribution is 2.34. The van der Waals surface area contributed by atoms with E-state index in [0.717, 1.165) is 36.0 Å². The van der Waals surface area contributed by atoms with Crippen LogP contribution >= 0.6 is 0 Å². The molecule has 1 aliphatic heterocycles. The molecule has 4 heteroatoms. The number of nitrogen functional groups attached to an aromatic ring is 1. The fourth-order valence-corrected chi connectivity index (χ4v) is 2.29. The average molecular weight is 261 g/mol. The highest BCUT2D eigenvalue weighted by atomic mass is 16.5. The Hall–Kier alpha value is -1.71. The van der Waals surface area contributed by atoms with E-state index in [9.17, 15) is 0 Å². The molecular formula is C15H23N3O. The smallest absolute Gasteiger partial charge is 0.153 e. The Labute approximate surface area is 115 Å². The van der Waals surface area contributed by atoms with Gasteiger partial charge in [-0.25, -0.2) is 4.99 Å². The molecular weight excluding hydrogens is 238 g/mol. The molecule has 1 aliphatic rings. The monoisotopic (exact) mass is 261 g/mol. The molecule has 0 saturated carbocycles. The number of hydrogen-bond donors (Lipinski definition) is 1. The Kier molecular flexibility index (Phi) is 4.30. The summed E-state index contributed by atoms with van der Waals surface area (Å²) in [4.78, 5) is 7.04. The van der Waals surface area contributed by atoms with Crippen LogP contribution in [0.15, 0.2) is 23.2 Å². The van der Waals surface area contributed by atoms with Gasteiger partial charge in [0, 0.05) is 18.8 Å². The fourth-order valence-electron chi connectivity index (χ4n) is 2.29. The van der Waals surface area contributed by atoms with E-state index >= 15 is 0 Å². The molecule has 0 radical (unpaired) electrons. The Morgan fingerprint density at radius 2 is 2.16 bits per heavy atom. The maximum Gasteiger partial charge on any atom is 0.153 e. The Bertz CT molecular complexity index is 470. The third-order valence-corrected chi connectivity index (χ3v) is 3.37. The number of anilines is 1. The molecule has 1 heterocycles. The standard InChI is InChI=1S/C15H23N3O/c1-4-6-9-18(5-2)15-11(3)19-14-8-7-12(16)10-13(14)17-15/h7-8,10-11H,4-6,9,16H2,1-3H3. The number of hydrogen-bond acceptors (Lipinski definition) is 4. The molecule has 104 valence electrons. The molecule has 4 nitrogen and oxygen atoms in total. The fraction of sp³-hybridized carbons (Fsp3) is 0.533. The van der Waals surface area contributed by atoms with Gasteiger partial charge in [0.1, 0.15) is 17.3 Å². The van der Waals surface area contributed by atoms with Crippen LogP contribution in [0, 0.1) is 0 Å². The molecule has 0 bridgehead atoms. The van der Waals surface area contributed by atoms with Gasteiger partial charge in [-0.05, 0) is 38.5 Å². The zero-order chi connectivity index (χ0) is 13.8. The molecule has 1 aromatic rings. The van der Waals surface area contributed by atoms with Crippen molar-refractivity contribution in [1.29, 1.82) is 0 Å². The van der Waals surface area contributed by atoms with Crippen LogP contribution in [-0.4, -0.2) is 29.9 Å². The molecule has 1 unspecified atom stereocenters. The number of nitrogens with zero attached hydrogens (tertiary/aromatic N) is 2. The second-order valence-electron chi connectivity index (χ2n) is 4.89. The van der Waals surface area contributed by atoms with Crippen LogP contribution in [0.3, 0.4) is 0 Å². The van der Waals surface area contributed by atoms with Gasteiger partial charge in [0.15, 0.2) is 6.10 Å². The minimum Gasteiger partial charge on any atom is -0.481 e. The number of benzene rings is 1. The van der Waals surface area contributed by atoms with Gasteiger partial charge in [-0.15, -0.1) is 0 Å². The van der Waals surface area contributed by atoms with Crippen molar-refractivity contribution in [3.8, 4) is 5.75 Å². The van der Waals surface area contributed by atoms with E-state index in [1.54, 1.807) is 0 Å². The van der Waals surface area contributed by atoms with Gasteiger partial charge in [0.2, 0.25) is 0 Å². The van der Waals surface area contributed by atoms with Gasteiger partial charge < -0.3 is 15.4 Å². The molecule has 0 saturated heterocycles. The summed E-state index contributed by atoms with van der Waals surface area (Å²) in [5.41, 5.74) is 7.37. The first kappa shape index (κ1) is 13.7. The predicted octanol–water partition coefficient (Wildman–Crippen LogP) is 3.20. The molecule has 19 heavy (non-hydrogen) atoms. The van der Waals surface area contributed by atoms with Crippen molar-refractivity contribution >= 4 is 17.2 Å². The van der Waals surface area contributed by atoms with Crippen molar-refractivity contribution in [2.75, 3.05) is 18.8 Å². The maximum absolute atomic E-state index is 5.93. The summed E-state index contributed by atoms with van der Waals surface area (Å²) in [5.74, 6) is 1.83. The molecule has 0 amide bonds. The van der Waals surface area contributed by atoms with Crippen LogP contribution in [0.5, 0.6) is 5.75 Å². The van der Waals surface area contributed by atoms with Crippen LogP contribution in [0.1, 0.15) is 33.6 Å². The van der Waals surface area contributed by atoms with Crippen LogP contribution < -0.4 is 10.5 Å². The second kappa shape index (κ2) is 5.95. The number of rotatable bonds is 4. The van der Waals surface area contributed by atoms with Crippen molar-refractivity contribution in [1.82, 2.24) is 4.90 Å². The van der Waals surface area contributed by atoms with E-state index in [0.29, 0.717) is 0 Å². The van der Waals surface area contributed by atoms with E-state index in [-0.39, 0.29) is 6.10 Å². The van der Waals surface area contributed by atoms with Gasteiger partial charge in [0.05, 0.1) is 0 Å². The third-order valence-electron chi connectivity index (χ3n) is 3.37. The largest absolute Gasteiger partial charge is 0.481 e. The number of aliphatic imine (C=N–C) groups is 1. The molecule has 1 atom stereocenters. The van der Waals surface area contributed by atoms with E-state index in [4.69, 9.17) is 15.5 Å². The molecule has 2 rings (SSSR count). The normalized spacial score (nSPS) is 17.4. The Morgan fingerprint density at radius 3 is 2.84 bits per heavy atom. The van der Waals surface area contributed by atoms with Crippen LogP contribution in [-0.2, 0) is 0 Å².